The SMILES string of the molecule is O=C(NC1CC(c2ccncc2)NN1)c1ccc(Cn2cc(Cl)cn2)cc1. The van der Waals surface area contributed by atoms with Crippen molar-refractivity contribution in [3.8, 4) is 0 Å². The number of pyridine rings is 1. The highest BCUT2D eigenvalue weighted by Crippen LogP contribution is 2.20. The van der Waals surface area contributed by atoms with Gasteiger partial charge < -0.3 is 5.32 Å². The minimum Gasteiger partial charge on any atom is -0.335 e. The van der Waals surface area contributed by atoms with Crippen molar-refractivity contribution in [2.75, 3.05) is 0 Å². The van der Waals surface area contributed by atoms with Crippen molar-refractivity contribution >= 4 is 17.5 Å². The van der Waals surface area contributed by atoms with Crippen LogP contribution in [0.3, 0.4) is 0 Å². The van der Waals surface area contributed by atoms with E-state index in [0.717, 1.165) is 17.5 Å². The molecule has 1 fully saturated rings. The molecular weight excluding hydrogens is 364 g/mol. The van der Waals surface area contributed by atoms with E-state index in [9.17, 15) is 4.79 Å². The third-order valence-electron chi connectivity index (χ3n) is 4.48. The number of nitrogens with one attached hydrogen (secondary N) is 3. The van der Waals surface area contributed by atoms with E-state index in [4.69, 9.17) is 11.6 Å². The Morgan fingerprint density at radius 2 is 1.96 bits per heavy atom. The molecule has 8 heteroatoms. The maximum Gasteiger partial charge on any atom is 0.252 e. The average Bonchev–Trinajstić information content (AvgIpc) is 3.32. The summed E-state index contributed by atoms with van der Waals surface area (Å²) in [5, 5.41) is 7.76. The molecule has 1 aliphatic rings. The van der Waals surface area contributed by atoms with Crippen molar-refractivity contribution in [1.29, 1.82) is 0 Å². The summed E-state index contributed by atoms with van der Waals surface area (Å²) in [5.41, 5.74) is 9.13. The number of carbonyl (C=O) groups is 1. The fraction of sp³-hybridized carbons (Fsp3) is 0.211. The highest BCUT2D eigenvalue weighted by Gasteiger charge is 2.26. The number of halogens is 1. The van der Waals surface area contributed by atoms with Gasteiger partial charge in [-0.1, -0.05) is 23.7 Å². The first-order valence-electron chi connectivity index (χ1n) is 8.66. The van der Waals surface area contributed by atoms with Gasteiger partial charge in [-0.3, -0.25) is 14.5 Å². The van der Waals surface area contributed by atoms with Gasteiger partial charge in [-0.25, -0.2) is 10.9 Å². The predicted molar refractivity (Wildman–Crippen MR) is 102 cm³/mol. The Kier molecular flexibility index (Phi) is 5.15. The van der Waals surface area contributed by atoms with E-state index in [1.165, 1.54) is 0 Å². The van der Waals surface area contributed by atoms with E-state index in [0.29, 0.717) is 17.1 Å². The maximum atomic E-state index is 12.5. The summed E-state index contributed by atoms with van der Waals surface area (Å²) < 4.78 is 1.75. The van der Waals surface area contributed by atoms with E-state index < -0.39 is 0 Å². The molecule has 4 rings (SSSR count). The number of benzene rings is 1. The van der Waals surface area contributed by atoms with Gasteiger partial charge in [0, 0.05) is 36.6 Å². The molecule has 138 valence electrons. The van der Waals surface area contributed by atoms with Crippen molar-refractivity contribution in [2.45, 2.75) is 25.2 Å². The monoisotopic (exact) mass is 382 g/mol. The molecule has 0 saturated carbocycles. The number of hydrogen-bond acceptors (Lipinski definition) is 5. The Morgan fingerprint density at radius 3 is 2.67 bits per heavy atom. The third kappa shape index (κ3) is 4.33. The Bertz CT molecular complexity index is 911. The average molecular weight is 383 g/mol. The molecule has 3 heterocycles. The highest BCUT2D eigenvalue weighted by molar-refractivity contribution is 6.30. The summed E-state index contributed by atoms with van der Waals surface area (Å²) in [7, 11) is 0. The normalized spacial score (nSPS) is 19.1. The van der Waals surface area contributed by atoms with Crippen molar-refractivity contribution in [1.82, 2.24) is 30.9 Å². The van der Waals surface area contributed by atoms with Crippen molar-refractivity contribution < 1.29 is 4.79 Å². The lowest BCUT2D eigenvalue weighted by Gasteiger charge is -2.12. The van der Waals surface area contributed by atoms with Gasteiger partial charge in [0.25, 0.3) is 5.91 Å². The van der Waals surface area contributed by atoms with E-state index in [2.05, 4.69) is 26.3 Å². The van der Waals surface area contributed by atoms with Crippen LogP contribution >= 0.6 is 11.6 Å². The third-order valence-corrected chi connectivity index (χ3v) is 4.67. The van der Waals surface area contributed by atoms with E-state index in [1.807, 2.05) is 36.4 Å². The summed E-state index contributed by atoms with van der Waals surface area (Å²) in [5.74, 6) is -0.113. The second-order valence-electron chi connectivity index (χ2n) is 6.44. The molecule has 2 unspecified atom stereocenters. The van der Waals surface area contributed by atoms with Crippen LogP contribution in [0.5, 0.6) is 0 Å². The zero-order valence-corrected chi connectivity index (χ0v) is 15.2. The van der Waals surface area contributed by atoms with Crippen LogP contribution < -0.4 is 16.2 Å². The van der Waals surface area contributed by atoms with Crippen LogP contribution in [0.25, 0.3) is 0 Å². The van der Waals surface area contributed by atoms with Crippen LogP contribution in [-0.2, 0) is 6.54 Å². The number of hydrazine groups is 1. The van der Waals surface area contributed by atoms with Gasteiger partial charge in [-0.15, -0.1) is 0 Å². The molecule has 1 aromatic carbocycles. The van der Waals surface area contributed by atoms with E-state index >= 15 is 0 Å². The molecule has 1 amide bonds. The number of hydrogen-bond donors (Lipinski definition) is 3. The zero-order chi connectivity index (χ0) is 18.6. The minimum absolute atomic E-state index is 0.113. The summed E-state index contributed by atoms with van der Waals surface area (Å²) >= 11 is 5.87. The lowest BCUT2D eigenvalue weighted by atomic mass is 10.1. The smallest absolute Gasteiger partial charge is 0.252 e. The van der Waals surface area contributed by atoms with Gasteiger partial charge in [0.2, 0.25) is 0 Å². The Morgan fingerprint density at radius 1 is 1.19 bits per heavy atom. The molecule has 1 aliphatic heterocycles. The fourth-order valence-corrected chi connectivity index (χ4v) is 3.24. The van der Waals surface area contributed by atoms with Gasteiger partial charge in [0.15, 0.2) is 0 Å². The van der Waals surface area contributed by atoms with Gasteiger partial charge >= 0.3 is 0 Å². The Labute approximate surface area is 161 Å². The van der Waals surface area contributed by atoms with E-state index in [1.54, 1.807) is 29.5 Å². The number of rotatable bonds is 5. The standard InChI is InChI=1S/C19H19ClN6O/c20-16-10-22-26(12-16)11-13-1-3-15(4-2-13)19(27)23-18-9-17(24-25-18)14-5-7-21-8-6-14/h1-8,10,12,17-18,24-25H,9,11H2,(H,23,27). The minimum atomic E-state index is -0.137. The van der Waals surface area contributed by atoms with Crippen LogP contribution in [-0.4, -0.2) is 26.8 Å². The maximum absolute atomic E-state index is 12.5. The van der Waals surface area contributed by atoms with Crippen molar-refractivity contribution in [2.24, 2.45) is 0 Å². The summed E-state index contributed by atoms with van der Waals surface area (Å²) in [4.78, 5) is 16.5. The molecule has 27 heavy (non-hydrogen) atoms. The molecule has 1 saturated heterocycles. The predicted octanol–water partition coefficient (Wildman–Crippen LogP) is 2.27. The first kappa shape index (κ1) is 17.7. The first-order chi connectivity index (χ1) is 13.2. The Hall–Kier alpha value is -2.74. The van der Waals surface area contributed by atoms with Gasteiger partial charge in [-0.2, -0.15) is 5.10 Å². The molecule has 0 aliphatic carbocycles. The molecule has 7 nitrogen and oxygen atoms in total. The van der Waals surface area contributed by atoms with Crippen LogP contribution in [0.4, 0.5) is 0 Å². The number of nitrogens with zero attached hydrogens (tertiary/aromatic N) is 3. The number of aromatic nitrogens is 3. The first-order valence-corrected chi connectivity index (χ1v) is 9.04. The van der Waals surface area contributed by atoms with Gasteiger partial charge in [0.1, 0.15) is 0 Å². The number of carbonyl (C=O) groups excluding carboxylic acids is 1. The second kappa shape index (κ2) is 7.87. The van der Waals surface area contributed by atoms with E-state index in [-0.39, 0.29) is 18.1 Å². The van der Waals surface area contributed by atoms with Gasteiger partial charge in [0.05, 0.1) is 23.9 Å². The highest BCUT2D eigenvalue weighted by atomic mass is 35.5. The molecular formula is C19H19ClN6O. The van der Waals surface area contributed by atoms with Crippen LogP contribution in [0.1, 0.15) is 33.9 Å². The molecule has 3 N–H and O–H groups in total. The quantitative estimate of drug-likeness (QED) is 0.630. The van der Waals surface area contributed by atoms with Crippen LogP contribution in [0.15, 0.2) is 61.2 Å². The second-order valence-corrected chi connectivity index (χ2v) is 6.87. The van der Waals surface area contributed by atoms with Gasteiger partial charge in [-0.05, 0) is 35.4 Å². The topological polar surface area (TPSA) is 83.9 Å². The largest absolute Gasteiger partial charge is 0.335 e. The van der Waals surface area contributed by atoms with Crippen molar-refractivity contribution in [3.05, 3.63) is 82.9 Å². The summed E-state index contributed by atoms with van der Waals surface area (Å²) in [6.45, 7) is 0.607. The molecule has 2 aromatic heterocycles. The lowest BCUT2D eigenvalue weighted by molar-refractivity contribution is 0.0932. The van der Waals surface area contributed by atoms with Crippen LogP contribution in [0, 0.1) is 0 Å². The fourth-order valence-electron chi connectivity index (χ4n) is 3.08. The van der Waals surface area contributed by atoms with Crippen molar-refractivity contribution in [3.63, 3.8) is 0 Å². The Balaban J connectivity index is 1.33. The molecule has 2 atom stereocenters. The molecule has 0 radical (unpaired) electrons. The molecule has 0 bridgehead atoms. The number of amides is 1. The lowest BCUT2D eigenvalue weighted by Crippen LogP contribution is -2.44. The summed E-state index contributed by atoms with van der Waals surface area (Å²) in [6, 6.07) is 11.6. The van der Waals surface area contributed by atoms with Crippen LogP contribution in [0.2, 0.25) is 5.02 Å². The zero-order valence-electron chi connectivity index (χ0n) is 14.5. The molecule has 3 aromatic rings. The summed E-state index contributed by atoms with van der Waals surface area (Å²) in [6.07, 6.45) is 7.52. The molecule has 0 spiro atoms.